The summed E-state index contributed by atoms with van der Waals surface area (Å²) in [6, 6.07) is 15.3. The average Bonchev–Trinajstić information content (AvgIpc) is 3.36. The lowest BCUT2D eigenvalue weighted by Gasteiger charge is -2.26. The van der Waals surface area contributed by atoms with Gasteiger partial charge >= 0.3 is 0 Å². The summed E-state index contributed by atoms with van der Waals surface area (Å²) in [7, 11) is 0. The van der Waals surface area contributed by atoms with Crippen LogP contribution in [0.3, 0.4) is 0 Å². The minimum atomic E-state index is 0.0622. The van der Waals surface area contributed by atoms with Crippen molar-refractivity contribution in [1.29, 1.82) is 0 Å². The van der Waals surface area contributed by atoms with Crippen LogP contribution in [0.5, 0.6) is 0 Å². The number of amides is 1. The Morgan fingerprint density at radius 2 is 1.71 bits per heavy atom. The molecule has 2 aliphatic rings. The zero-order valence-electron chi connectivity index (χ0n) is 17.3. The highest BCUT2D eigenvalue weighted by atomic mass is 16.1. The van der Waals surface area contributed by atoms with Crippen LogP contribution >= 0.6 is 0 Å². The van der Waals surface area contributed by atoms with E-state index in [1.54, 1.807) is 0 Å². The smallest absolute Gasteiger partial charge is 0.252 e. The number of carbonyl (C=O) groups is 1. The highest BCUT2D eigenvalue weighted by molar-refractivity contribution is 5.96. The second kappa shape index (κ2) is 8.51. The first-order chi connectivity index (χ1) is 13.6. The van der Waals surface area contributed by atoms with Gasteiger partial charge in [0.05, 0.1) is 6.04 Å². The molecule has 2 heteroatoms. The Bertz CT molecular complexity index is 813. The van der Waals surface area contributed by atoms with Gasteiger partial charge in [-0.25, -0.2) is 0 Å². The summed E-state index contributed by atoms with van der Waals surface area (Å²) >= 11 is 0. The van der Waals surface area contributed by atoms with E-state index < -0.39 is 0 Å². The Hall–Kier alpha value is -2.09. The molecule has 2 fully saturated rings. The standard InChI is InChI=1S/C26H33NO/c1-18-7-16-24(19(2)17-18)26(28)27-25(22-5-3-4-6-22)23-14-12-21(13-15-23)11-10-20-8-9-20/h7,12-17,20,22,25H,3-6,8-11H2,1-2H3,(H,27,28)/t25-/m1/s1. The van der Waals surface area contributed by atoms with Crippen LogP contribution in [0, 0.1) is 25.7 Å². The van der Waals surface area contributed by atoms with Crippen molar-refractivity contribution in [2.75, 3.05) is 0 Å². The maximum atomic E-state index is 13.1. The van der Waals surface area contributed by atoms with Crippen molar-refractivity contribution in [3.05, 3.63) is 70.3 Å². The largest absolute Gasteiger partial charge is 0.345 e. The first kappa shape index (κ1) is 19.2. The Morgan fingerprint density at radius 3 is 2.36 bits per heavy atom. The van der Waals surface area contributed by atoms with Crippen molar-refractivity contribution < 1.29 is 4.79 Å². The molecule has 0 aliphatic heterocycles. The van der Waals surface area contributed by atoms with Crippen molar-refractivity contribution in [1.82, 2.24) is 5.32 Å². The molecule has 1 amide bonds. The van der Waals surface area contributed by atoms with Gasteiger partial charge in [-0.1, -0.05) is 67.6 Å². The fraction of sp³-hybridized carbons (Fsp3) is 0.500. The van der Waals surface area contributed by atoms with Crippen LogP contribution < -0.4 is 5.32 Å². The molecule has 1 atom stereocenters. The van der Waals surface area contributed by atoms with Gasteiger partial charge in [-0.05, 0) is 74.1 Å². The van der Waals surface area contributed by atoms with Crippen molar-refractivity contribution in [3.8, 4) is 0 Å². The molecule has 0 unspecified atom stereocenters. The molecule has 2 aromatic rings. The summed E-state index contributed by atoms with van der Waals surface area (Å²) in [6.45, 7) is 4.10. The molecule has 0 spiro atoms. The van der Waals surface area contributed by atoms with E-state index in [2.05, 4.69) is 42.6 Å². The minimum absolute atomic E-state index is 0.0622. The van der Waals surface area contributed by atoms with Gasteiger partial charge in [0.1, 0.15) is 0 Å². The zero-order valence-corrected chi connectivity index (χ0v) is 17.3. The fourth-order valence-corrected chi connectivity index (χ4v) is 4.72. The lowest BCUT2D eigenvalue weighted by molar-refractivity contribution is 0.0921. The SMILES string of the molecule is Cc1ccc(C(=O)N[C@@H](c2ccc(CCC3CC3)cc2)C2CCCC2)c(C)c1. The predicted molar refractivity (Wildman–Crippen MR) is 116 cm³/mol. The first-order valence-electron chi connectivity index (χ1n) is 11.1. The summed E-state index contributed by atoms with van der Waals surface area (Å²) in [5.41, 5.74) is 5.75. The van der Waals surface area contributed by atoms with Gasteiger partial charge < -0.3 is 5.32 Å². The minimum Gasteiger partial charge on any atom is -0.345 e. The summed E-state index contributed by atoms with van der Waals surface area (Å²) in [5, 5.41) is 3.39. The topological polar surface area (TPSA) is 29.1 Å². The van der Waals surface area contributed by atoms with E-state index in [9.17, 15) is 4.79 Å². The lowest BCUT2D eigenvalue weighted by Crippen LogP contribution is -2.33. The summed E-state index contributed by atoms with van der Waals surface area (Å²) in [6.07, 6.45) is 10.3. The molecule has 2 nitrogen and oxygen atoms in total. The van der Waals surface area contributed by atoms with Gasteiger partial charge in [0, 0.05) is 5.56 Å². The van der Waals surface area contributed by atoms with E-state index >= 15 is 0 Å². The van der Waals surface area contributed by atoms with E-state index in [0.717, 1.165) is 17.0 Å². The Morgan fingerprint density at radius 1 is 1.00 bits per heavy atom. The Balaban J connectivity index is 1.50. The summed E-state index contributed by atoms with van der Waals surface area (Å²) in [5.74, 6) is 1.59. The average molecular weight is 376 g/mol. The number of aryl methyl sites for hydroxylation is 3. The molecule has 148 valence electrons. The molecule has 1 N–H and O–H groups in total. The molecule has 4 rings (SSSR count). The molecular formula is C26H33NO. The van der Waals surface area contributed by atoms with Crippen LogP contribution in [0.25, 0.3) is 0 Å². The fourth-order valence-electron chi connectivity index (χ4n) is 4.72. The van der Waals surface area contributed by atoms with Gasteiger partial charge in [-0.2, -0.15) is 0 Å². The van der Waals surface area contributed by atoms with Gasteiger partial charge in [-0.3, -0.25) is 4.79 Å². The second-order valence-electron chi connectivity index (χ2n) is 9.04. The van der Waals surface area contributed by atoms with Crippen LogP contribution in [0.1, 0.15) is 83.6 Å². The second-order valence-corrected chi connectivity index (χ2v) is 9.04. The van der Waals surface area contributed by atoms with Crippen molar-refractivity contribution in [3.63, 3.8) is 0 Å². The molecular weight excluding hydrogens is 342 g/mol. The van der Waals surface area contributed by atoms with Crippen LogP contribution in [0.4, 0.5) is 0 Å². The van der Waals surface area contributed by atoms with Crippen LogP contribution in [-0.2, 0) is 6.42 Å². The summed E-state index contributed by atoms with van der Waals surface area (Å²) in [4.78, 5) is 13.1. The molecule has 2 aromatic carbocycles. The maximum absolute atomic E-state index is 13.1. The molecule has 0 bridgehead atoms. The highest BCUT2D eigenvalue weighted by Gasteiger charge is 2.28. The Labute approximate surface area is 169 Å². The molecule has 0 aromatic heterocycles. The van der Waals surface area contributed by atoms with E-state index in [4.69, 9.17) is 0 Å². The van der Waals surface area contributed by atoms with E-state index in [-0.39, 0.29) is 11.9 Å². The van der Waals surface area contributed by atoms with Gasteiger partial charge in [0.2, 0.25) is 0 Å². The molecule has 2 aliphatic carbocycles. The number of benzene rings is 2. The number of nitrogens with one attached hydrogen (secondary N) is 1. The third kappa shape index (κ3) is 4.66. The van der Waals surface area contributed by atoms with Crippen LogP contribution in [0.15, 0.2) is 42.5 Å². The molecule has 0 saturated heterocycles. The molecule has 28 heavy (non-hydrogen) atoms. The van der Waals surface area contributed by atoms with Crippen molar-refractivity contribution in [2.45, 2.75) is 71.3 Å². The number of rotatable bonds is 7. The number of carbonyl (C=O) groups excluding carboxylic acids is 1. The van der Waals surface area contributed by atoms with Crippen molar-refractivity contribution >= 4 is 5.91 Å². The van der Waals surface area contributed by atoms with Crippen LogP contribution in [0.2, 0.25) is 0 Å². The Kier molecular flexibility index (Phi) is 5.85. The quantitative estimate of drug-likeness (QED) is 0.604. The van der Waals surface area contributed by atoms with Crippen LogP contribution in [-0.4, -0.2) is 5.91 Å². The molecule has 0 heterocycles. The number of hydrogen-bond donors (Lipinski definition) is 1. The zero-order chi connectivity index (χ0) is 19.5. The van der Waals surface area contributed by atoms with Gasteiger partial charge in [0.15, 0.2) is 0 Å². The first-order valence-corrected chi connectivity index (χ1v) is 11.1. The van der Waals surface area contributed by atoms with Gasteiger partial charge in [0.25, 0.3) is 5.91 Å². The maximum Gasteiger partial charge on any atom is 0.252 e. The van der Waals surface area contributed by atoms with Gasteiger partial charge in [-0.15, -0.1) is 0 Å². The molecule has 0 radical (unpaired) electrons. The van der Waals surface area contributed by atoms with E-state index in [1.165, 1.54) is 68.1 Å². The predicted octanol–water partition coefficient (Wildman–Crippen LogP) is 6.31. The highest BCUT2D eigenvalue weighted by Crippen LogP contribution is 2.37. The molecule has 2 saturated carbocycles. The monoisotopic (exact) mass is 375 g/mol. The van der Waals surface area contributed by atoms with E-state index in [1.807, 2.05) is 19.1 Å². The lowest BCUT2D eigenvalue weighted by atomic mass is 9.90. The van der Waals surface area contributed by atoms with Crippen molar-refractivity contribution in [2.24, 2.45) is 11.8 Å². The summed E-state index contributed by atoms with van der Waals surface area (Å²) < 4.78 is 0. The van der Waals surface area contributed by atoms with E-state index in [0.29, 0.717) is 5.92 Å². The normalized spacial score (nSPS) is 18.2. The third-order valence-electron chi connectivity index (χ3n) is 6.66. The third-order valence-corrected chi connectivity index (χ3v) is 6.66. The number of hydrogen-bond acceptors (Lipinski definition) is 1.